The fourth-order valence-electron chi connectivity index (χ4n) is 2.23. The molecular weight excluding hydrogens is 245 g/mol. The molecule has 3 nitrogen and oxygen atoms in total. The van der Waals surface area contributed by atoms with Crippen molar-refractivity contribution in [1.29, 1.82) is 0 Å². The molecule has 2 rings (SSSR count). The molecule has 0 saturated carbocycles. The van der Waals surface area contributed by atoms with Gasteiger partial charge in [0.2, 0.25) is 0 Å². The zero-order valence-electron chi connectivity index (χ0n) is 10.00. The van der Waals surface area contributed by atoms with E-state index in [0.29, 0.717) is 23.7 Å². The minimum absolute atomic E-state index is 0.0408. The summed E-state index contributed by atoms with van der Waals surface area (Å²) in [5.74, 6) is -0.786. The third-order valence-electron chi connectivity index (χ3n) is 3.25. The van der Waals surface area contributed by atoms with Crippen LogP contribution in [0.4, 0.5) is 24.5 Å². The molecule has 1 unspecified atom stereocenters. The number of anilines is 2. The number of alkyl halides is 3. The summed E-state index contributed by atoms with van der Waals surface area (Å²) < 4.78 is 42.9. The molecule has 1 aromatic carbocycles. The van der Waals surface area contributed by atoms with Crippen LogP contribution >= 0.6 is 0 Å². The minimum atomic E-state index is -4.14. The Labute approximate surface area is 103 Å². The third-order valence-corrected chi connectivity index (χ3v) is 3.25. The maximum Gasteiger partial charge on any atom is 0.393 e. The van der Waals surface area contributed by atoms with E-state index in [1.54, 1.807) is 23.1 Å². The lowest BCUT2D eigenvalue weighted by Crippen LogP contribution is -2.27. The molecular formula is C12H15F3N2O. The van der Waals surface area contributed by atoms with Gasteiger partial charge in [0.25, 0.3) is 0 Å². The van der Waals surface area contributed by atoms with Gasteiger partial charge in [-0.15, -0.1) is 0 Å². The molecule has 1 aromatic rings. The molecule has 1 heterocycles. The Morgan fingerprint density at radius 3 is 2.67 bits per heavy atom. The second-order valence-electron chi connectivity index (χ2n) is 4.37. The molecule has 0 radical (unpaired) electrons. The zero-order chi connectivity index (χ0) is 13.3. The van der Waals surface area contributed by atoms with Crippen molar-refractivity contribution in [3.05, 3.63) is 18.2 Å². The molecule has 0 aliphatic carbocycles. The highest BCUT2D eigenvalue weighted by Crippen LogP contribution is 2.39. The second kappa shape index (κ2) is 4.59. The largest absolute Gasteiger partial charge is 0.495 e. The SMILES string of the molecule is COc1cccc(N2CCC(C(F)(F)F)C2)c1N. The number of nitrogen functional groups attached to an aromatic ring is 1. The maximum absolute atomic E-state index is 12.6. The van der Waals surface area contributed by atoms with E-state index in [-0.39, 0.29) is 13.0 Å². The average Bonchev–Trinajstić information content (AvgIpc) is 2.78. The first-order valence-electron chi connectivity index (χ1n) is 5.67. The number of para-hydroxylation sites is 1. The quantitative estimate of drug-likeness (QED) is 0.831. The van der Waals surface area contributed by atoms with Crippen molar-refractivity contribution < 1.29 is 17.9 Å². The summed E-state index contributed by atoms with van der Waals surface area (Å²) in [5.41, 5.74) is 6.88. The summed E-state index contributed by atoms with van der Waals surface area (Å²) >= 11 is 0. The molecule has 0 amide bonds. The smallest absolute Gasteiger partial charge is 0.393 e. The lowest BCUT2D eigenvalue weighted by molar-refractivity contribution is -0.168. The molecule has 1 aliphatic rings. The molecule has 18 heavy (non-hydrogen) atoms. The molecule has 0 aromatic heterocycles. The Kier molecular flexibility index (Phi) is 3.28. The number of rotatable bonds is 2. The first-order valence-corrected chi connectivity index (χ1v) is 5.67. The van der Waals surface area contributed by atoms with Crippen LogP contribution in [0, 0.1) is 5.92 Å². The summed E-state index contributed by atoms with van der Waals surface area (Å²) in [4.78, 5) is 1.66. The van der Waals surface area contributed by atoms with E-state index in [9.17, 15) is 13.2 Å². The number of ether oxygens (including phenoxy) is 1. The summed E-state index contributed by atoms with van der Waals surface area (Å²) in [6, 6.07) is 5.14. The predicted molar refractivity (Wildman–Crippen MR) is 63.8 cm³/mol. The molecule has 1 saturated heterocycles. The van der Waals surface area contributed by atoms with Crippen LogP contribution < -0.4 is 15.4 Å². The normalized spacial score (nSPS) is 20.2. The standard InChI is InChI=1S/C12H15F3N2O/c1-18-10-4-2-3-9(11(10)16)17-6-5-8(7-17)12(13,14)15/h2-4,8H,5-7,16H2,1H3. The molecule has 0 bridgehead atoms. The first-order chi connectivity index (χ1) is 8.43. The van der Waals surface area contributed by atoms with Crippen LogP contribution in [0.25, 0.3) is 0 Å². The summed E-state index contributed by atoms with van der Waals surface area (Å²) in [7, 11) is 1.48. The molecule has 6 heteroatoms. The van der Waals surface area contributed by atoms with E-state index in [1.807, 2.05) is 0 Å². The molecule has 100 valence electrons. The van der Waals surface area contributed by atoms with Gasteiger partial charge in [0.05, 0.1) is 24.4 Å². The van der Waals surface area contributed by atoms with Crippen molar-refractivity contribution in [2.75, 3.05) is 30.8 Å². The number of hydrogen-bond donors (Lipinski definition) is 1. The molecule has 0 spiro atoms. The lowest BCUT2D eigenvalue weighted by atomic mass is 10.1. The number of nitrogens with two attached hydrogens (primary N) is 1. The van der Waals surface area contributed by atoms with E-state index < -0.39 is 12.1 Å². The van der Waals surface area contributed by atoms with Crippen LogP contribution in [0.5, 0.6) is 5.75 Å². The fraction of sp³-hybridized carbons (Fsp3) is 0.500. The summed E-state index contributed by atoms with van der Waals surface area (Å²) in [6.07, 6.45) is -4.03. The number of nitrogens with zero attached hydrogens (tertiary/aromatic N) is 1. The maximum atomic E-state index is 12.6. The number of benzene rings is 1. The van der Waals surface area contributed by atoms with Crippen molar-refractivity contribution in [2.45, 2.75) is 12.6 Å². The lowest BCUT2D eigenvalue weighted by Gasteiger charge is -2.22. The van der Waals surface area contributed by atoms with Gasteiger partial charge in [-0.25, -0.2) is 0 Å². The highest BCUT2D eigenvalue weighted by molar-refractivity contribution is 5.74. The van der Waals surface area contributed by atoms with Gasteiger partial charge in [0, 0.05) is 13.1 Å². The molecule has 1 fully saturated rings. The van der Waals surface area contributed by atoms with Gasteiger partial charge < -0.3 is 15.4 Å². The summed E-state index contributed by atoms with van der Waals surface area (Å²) in [5, 5.41) is 0. The Bertz CT molecular complexity index is 434. The van der Waals surface area contributed by atoms with E-state index >= 15 is 0 Å². The van der Waals surface area contributed by atoms with Crippen molar-refractivity contribution in [2.24, 2.45) is 5.92 Å². The van der Waals surface area contributed by atoms with E-state index in [4.69, 9.17) is 10.5 Å². The van der Waals surface area contributed by atoms with Crippen LogP contribution in [-0.2, 0) is 0 Å². The van der Waals surface area contributed by atoms with Crippen LogP contribution in [0.3, 0.4) is 0 Å². The van der Waals surface area contributed by atoms with E-state index in [2.05, 4.69) is 0 Å². The van der Waals surface area contributed by atoms with Gasteiger partial charge in [-0.05, 0) is 18.6 Å². The van der Waals surface area contributed by atoms with Crippen LogP contribution in [0.2, 0.25) is 0 Å². The van der Waals surface area contributed by atoms with Crippen molar-refractivity contribution in [1.82, 2.24) is 0 Å². The highest BCUT2D eigenvalue weighted by atomic mass is 19.4. The van der Waals surface area contributed by atoms with Crippen molar-refractivity contribution >= 4 is 11.4 Å². The third kappa shape index (κ3) is 2.32. The Morgan fingerprint density at radius 2 is 2.11 bits per heavy atom. The average molecular weight is 260 g/mol. The Hall–Kier alpha value is -1.59. The Morgan fingerprint density at radius 1 is 1.39 bits per heavy atom. The van der Waals surface area contributed by atoms with Crippen molar-refractivity contribution in [3.63, 3.8) is 0 Å². The van der Waals surface area contributed by atoms with Gasteiger partial charge >= 0.3 is 6.18 Å². The number of methoxy groups -OCH3 is 1. The van der Waals surface area contributed by atoms with Crippen LogP contribution in [-0.4, -0.2) is 26.4 Å². The topological polar surface area (TPSA) is 38.5 Å². The van der Waals surface area contributed by atoms with Crippen LogP contribution in [0.1, 0.15) is 6.42 Å². The highest BCUT2D eigenvalue weighted by Gasteiger charge is 2.43. The fourth-order valence-corrected chi connectivity index (χ4v) is 2.23. The van der Waals surface area contributed by atoms with Gasteiger partial charge in [0.1, 0.15) is 5.75 Å². The summed E-state index contributed by atoms with van der Waals surface area (Å²) in [6.45, 7) is 0.322. The van der Waals surface area contributed by atoms with Gasteiger partial charge in [-0.1, -0.05) is 6.07 Å². The number of hydrogen-bond acceptors (Lipinski definition) is 3. The zero-order valence-corrected chi connectivity index (χ0v) is 10.00. The first kappa shape index (κ1) is 12.9. The second-order valence-corrected chi connectivity index (χ2v) is 4.37. The van der Waals surface area contributed by atoms with Crippen molar-refractivity contribution in [3.8, 4) is 5.75 Å². The predicted octanol–water partition coefficient (Wildman–Crippen LogP) is 2.67. The Balaban J connectivity index is 2.20. The van der Waals surface area contributed by atoms with E-state index in [0.717, 1.165) is 0 Å². The monoisotopic (exact) mass is 260 g/mol. The van der Waals surface area contributed by atoms with Gasteiger partial charge in [-0.3, -0.25) is 0 Å². The molecule has 1 atom stereocenters. The van der Waals surface area contributed by atoms with Crippen LogP contribution in [0.15, 0.2) is 18.2 Å². The van der Waals surface area contributed by atoms with Gasteiger partial charge in [-0.2, -0.15) is 13.2 Å². The molecule has 1 aliphatic heterocycles. The van der Waals surface area contributed by atoms with Gasteiger partial charge in [0.15, 0.2) is 0 Å². The number of halogens is 3. The molecule has 2 N–H and O–H groups in total. The van der Waals surface area contributed by atoms with E-state index in [1.165, 1.54) is 7.11 Å². The minimum Gasteiger partial charge on any atom is -0.495 e.